The minimum Gasteiger partial charge on any atom is -0.0527 e. The van der Waals surface area contributed by atoms with Crippen LogP contribution in [0.2, 0.25) is 0 Å². The van der Waals surface area contributed by atoms with E-state index in [4.69, 9.17) is 0 Å². The minimum atomic E-state index is 0.671. The summed E-state index contributed by atoms with van der Waals surface area (Å²) in [4.78, 5) is 0. The largest absolute Gasteiger partial charge is 0.0527 e. The van der Waals surface area contributed by atoms with Gasteiger partial charge in [0.05, 0.1) is 0 Å². The van der Waals surface area contributed by atoms with Crippen LogP contribution in [0.4, 0.5) is 0 Å². The third-order valence-electron chi connectivity index (χ3n) is 1.28. The van der Waals surface area contributed by atoms with Crippen molar-refractivity contribution in [2.45, 2.75) is 19.3 Å². The Bertz CT molecular complexity index is 33.3. The Labute approximate surface area is 39.6 Å². The molecule has 0 heteroatoms. The number of hydrogen-bond donors (Lipinski definition) is 0. The smallest absolute Gasteiger partial charge is 0.0355 e. The Morgan fingerprint density at radius 3 is 2.67 bits per heavy atom. The topological polar surface area (TPSA) is 0 Å². The van der Waals surface area contributed by atoms with Crippen LogP contribution in [-0.2, 0) is 0 Å². The lowest BCUT2D eigenvalue weighted by Gasteiger charge is -1.90. The van der Waals surface area contributed by atoms with Gasteiger partial charge in [-0.2, -0.15) is 0 Å². The molecule has 0 bridgehead atoms. The van der Waals surface area contributed by atoms with Crippen LogP contribution in [0.3, 0.4) is 0 Å². The summed E-state index contributed by atoms with van der Waals surface area (Å²) in [7, 11) is 0. The molecule has 1 rings (SSSR count). The lowest BCUT2D eigenvalue weighted by molar-refractivity contribution is 0.759. The first-order chi connectivity index (χ1) is 2.89. The van der Waals surface area contributed by atoms with Gasteiger partial charge in [-0.25, -0.2) is 0 Å². The molecule has 0 spiro atoms. The molecule has 1 saturated carbocycles. The third-order valence-corrected chi connectivity index (χ3v) is 1.28. The van der Waals surface area contributed by atoms with Gasteiger partial charge in [-0.15, -0.1) is 0 Å². The fourth-order valence-electron chi connectivity index (χ4n) is 0.851. The highest BCUT2D eigenvalue weighted by atomic mass is 14.1. The van der Waals surface area contributed by atoms with E-state index in [1.807, 2.05) is 0 Å². The summed E-state index contributed by atoms with van der Waals surface area (Å²) < 4.78 is 0. The van der Waals surface area contributed by atoms with E-state index < -0.39 is 0 Å². The Morgan fingerprint density at radius 1 is 1.67 bits per heavy atom. The molecular formula is C6H10. The van der Waals surface area contributed by atoms with Crippen LogP contribution in [0, 0.1) is 19.3 Å². The molecule has 0 amide bonds. The summed E-state index contributed by atoms with van der Waals surface area (Å²) in [5.74, 6) is 0.671. The summed E-state index contributed by atoms with van der Waals surface area (Å²) in [5.41, 5.74) is 0. The van der Waals surface area contributed by atoms with Crippen molar-refractivity contribution in [2.75, 3.05) is 0 Å². The predicted octanol–water partition coefficient (Wildman–Crippen LogP) is 1.82. The van der Waals surface area contributed by atoms with Crippen molar-refractivity contribution in [3.8, 4) is 0 Å². The second-order valence-corrected chi connectivity index (χ2v) is 1.93. The van der Waals surface area contributed by atoms with E-state index in [0.717, 1.165) is 0 Å². The van der Waals surface area contributed by atoms with Crippen LogP contribution in [0.15, 0.2) is 0 Å². The van der Waals surface area contributed by atoms with Gasteiger partial charge in [0.15, 0.2) is 0 Å². The summed E-state index contributed by atoms with van der Waals surface area (Å²) in [5, 5.41) is 0. The van der Waals surface area contributed by atoms with Crippen LogP contribution in [0.25, 0.3) is 0 Å². The zero-order chi connectivity index (χ0) is 4.41. The molecule has 0 aromatic carbocycles. The van der Waals surface area contributed by atoms with Gasteiger partial charge < -0.3 is 0 Å². The zero-order valence-corrected chi connectivity index (χ0v) is 3.98. The van der Waals surface area contributed by atoms with Crippen molar-refractivity contribution < 1.29 is 0 Å². The fourth-order valence-corrected chi connectivity index (χ4v) is 0.851. The van der Waals surface area contributed by atoms with Crippen molar-refractivity contribution >= 4 is 0 Å². The molecule has 0 aromatic heterocycles. The van der Waals surface area contributed by atoms with Gasteiger partial charge in [-0.3, -0.25) is 0 Å². The molecule has 0 saturated heterocycles. The van der Waals surface area contributed by atoms with E-state index in [0.29, 0.717) is 5.92 Å². The molecule has 1 unspecified atom stereocenters. The first kappa shape index (κ1) is 4.17. The maximum Gasteiger partial charge on any atom is -0.0355 e. The molecule has 0 aromatic rings. The lowest BCUT2D eigenvalue weighted by atomic mass is 10.2. The molecule has 1 aliphatic rings. The van der Waals surface area contributed by atoms with Crippen LogP contribution < -0.4 is 0 Å². The van der Waals surface area contributed by atoms with Gasteiger partial charge in [0, 0.05) is 0 Å². The Kier molecular flexibility index (Phi) is 1.13. The third kappa shape index (κ3) is 0.735. The highest BCUT2D eigenvalue weighted by molar-refractivity contribution is 4.84. The molecule has 1 aliphatic carbocycles. The van der Waals surface area contributed by atoms with Gasteiger partial charge in [0.25, 0.3) is 0 Å². The maximum atomic E-state index is 3.88. The van der Waals surface area contributed by atoms with Gasteiger partial charge in [0.2, 0.25) is 0 Å². The lowest BCUT2D eigenvalue weighted by Crippen LogP contribution is -1.80. The van der Waals surface area contributed by atoms with Gasteiger partial charge in [0.1, 0.15) is 0 Å². The van der Waals surface area contributed by atoms with Crippen molar-refractivity contribution in [1.82, 2.24) is 0 Å². The Morgan fingerprint density at radius 2 is 2.50 bits per heavy atom. The molecule has 34 valence electrons. The van der Waals surface area contributed by atoms with Gasteiger partial charge in [-0.1, -0.05) is 12.8 Å². The van der Waals surface area contributed by atoms with Crippen molar-refractivity contribution in [1.29, 1.82) is 0 Å². The normalized spacial score (nSPS) is 25.5. The highest BCUT2D eigenvalue weighted by Gasteiger charge is 2.07. The SMILES string of the molecule is [CH2]C1[CH]CCC1. The highest BCUT2D eigenvalue weighted by Crippen LogP contribution is 2.21. The monoisotopic (exact) mass is 82.1 g/mol. The summed E-state index contributed by atoms with van der Waals surface area (Å²) in [6.45, 7) is 3.88. The van der Waals surface area contributed by atoms with E-state index in [-0.39, 0.29) is 0 Å². The maximum absolute atomic E-state index is 3.88. The van der Waals surface area contributed by atoms with E-state index in [1.165, 1.54) is 19.3 Å². The van der Waals surface area contributed by atoms with Gasteiger partial charge >= 0.3 is 0 Å². The minimum absolute atomic E-state index is 0.671. The average Bonchev–Trinajstić information content (AvgIpc) is 1.86. The van der Waals surface area contributed by atoms with Crippen LogP contribution in [0.1, 0.15) is 19.3 Å². The number of hydrogen-bond acceptors (Lipinski definition) is 0. The molecular weight excluding hydrogens is 72.1 g/mol. The fraction of sp³-hybridized carbons (Fsp3) is 0.667. The Hall–Kier alpha value is 0. The first-order valence-electron chi connectivity index (χ1n) is 2.56. The van der Waals surface area contributed by atoms with Crippen LogP contribution in [-0.4, -0.2) is 0 Å². The van der Waals surface area contributed by atoms with E-state index in [1.54, 1.807) is 0 Å². The van der Waals surface area contributed by atoms with Crippen molar-refractivity contribution in [3.63, 3.8) is 0 Å². The Balaban J connectivity index is 2.18. The quantitative estimate of drug-likeness (QED) is 0.418. The second kappa shape index (κ2) is 1.63. The molecule has 1 atom stereocenters. The van der Waals surface area contributed by atoms with E-state index in [2.05, 4.69) is 13.3 Å². The molecule has 2 radical (unpaired) electrons. The molecule has 0 nitrogen and oxygen atoms in total. The van der Waals surface area contributed by atoms with Gasteiger partial charge in [-0.05, 0) is 25.7 Å². The zero-order valence-electron chi connectivity index (χ0n) is 3.98. The summed E-state index contributed by atoms with van der Waals surface area (Å²) in [6.07, 6.45) is 6.28. The molecule has 1 fully saturated rings. The predicted molar refractivity (Wildman–Crippen MR) is 27.0 cm³/mol. The number of rotatable bonds is 0. The molecule has 0 aliphatic heterocycles. The first-order valence-corrected chi connectivity index (χ1v) is 2.56. The van der Waals surface area contributed by atoms with Crippen molar-refractivity contribution in [3.05, 3.63) is 13.3 Å². The molecule has 0 N–H and O–H groups in total. The van der Waals surface area contributed by atoms with E-state index in [9.17, 15) is 0 Å². The summed E-state index contributed by atoms with van der Waals surface area (Å²) >= 11 is 0. The van der Waals surface area contributed by atoms with Crippen molar-refractivity contribution in [2.24, 2.45) is 5.92 Å². The van der Waals surface area contributed by atoms with Crippen LogP contribution in [0.5, 0.6) is 0 Å². The average molecular weight is 82.1 g/mol. The second-order valence-electron chi connectivity index (χ2n) is 1.93. The molecule has 0 heterocycles. The van der Waals surface area contributed by atoms with E-state index >= 15 is 0 Å². The summed E-state index contributed by atoms with van der Waals surface area (Å²) in [6, 6.07) is 0. The molecule has 6 heavy (non-hydrogen) atoms. The van der Waals surface area contributed by atoms with Crippen LogP contribution >= 0.6 is 0 Å². The standard InChI is InChI=1S/C6H10/c1-6-4-2-3-5-6/h4,6H,1-3,5H2.